The van der Waals surface area contributed by atoms with Gasteiger partial charge in [0, 0.05) is 74.7 Å². The number of halogens is 1. The largest absolute Gasteiger partial charge is 0.396 e. The minimum absolute atomic E-state index is 0.0216. The van der Waals surface area contributed by atoms with Gasteiger partial charge in [-0.3, -0.25) is 29.3 Å². The van der Waals surface area contributed by atoms with E-state index in [4.69, 9.17) is 33.9 Å². The second kappa shape index (κ2) is 25.6. The number of nitrogens with one attached hydrogen (secondary N) is 4. The van der Waals surface area contributed by atoms with E-state index in [-0.39, 0.29) is 47.5 Å². The maximum absolute atomic E-state index is 13.4. The molecule has 0 bridgehead atoms. The van der Waals surface area contributed by atoms with E-state index in [0.29, 0.717) is 89.4 Å². The Balaban J connectivity index is 0.705. The van der Waals surface area contributed by atoms with Gasteiger partial charge in [0.05, 0.1) is 57.6 Å². The van der Waals surface area contributed by atoms with Crippen LogP contribution < -0.4 is 43.5 Å². The van der Waals surface area contributed by atoms with E-state index in [2.05, 4.69) is 57.1 Å². The van der Waals surface area contributed by atoms with Crippen molar-refractivity contribution >= 4 is 58.2 Å². The van der Waals surface area contributed by atoms with Crippen molar-refractivity contribution in [1.82, 2.24) is 45.5 Å². The number of hydrogen-bond acceptors (Lipinski definition) is 16. The van der Waals surface area contributed by atoms with Crippen molar-refractivity contribution in [1.29, 1.82) is 5.26 Å². The summed E-state index contributed by atoms with van der Waals surface area (Å²) in [6.45, 7) is 9.63. The van der Waals surface area contributed by atoms with Gasteiger partial charge >= 0.3 is 0 Å². The van der Waals surface area contributed by atoms with Crippen LogP contribution in [0, 0.1) is 31.1 Å². The third-order valence-electron chi connectivity index (χ3n) is 14.1. The van der Waals surface area contributed by atoms with Crippen LogP contribution in [0.2, 0.25) is 5.02 Å². The van der Waals surface area contributed by atoms with Gasteiger partial charge in [0.2, 0.25) is 11.9 Å². The molecule has 7 aromatic rings. The summed E-state index contributed by atoms with van der Waals surface area (Å²) in [5.41, 5.74) is 22.3. The lowest BCUT2D eigenvalue weighted by Crippen LogP contribution is -2.37. The average Bonchev–Trinajstić information content (AvgIpc) is 3.99. The van der Waals surface area contributed by atoms with Gasteiger partial charge in [-0.05, 0) is 123 Å². The van der Waals surface area contributed by atoms with Crippen LogP contribution in [0.1, 0.15) is 85.9 Å². The highest BCUT2D eigenvalue weighted by Gasteiger charge is 2.29. The molecule has 2 saturated heterocycles. The predicted molar refractivity (Wildman–Crippen MR) is 308 cm³/mol. The SMILES string of the molecule is Cc1c(C#N)cccc1-c1cc(/C(N)=C/N(N)Cc2cccc(N3CCC(C(=O)NCCNCc4ccc(C(=O)Nc5cccc(-c6cccc(NC(=O)c7ccc(CN8CCCCC8)cn7)c6Cl)c5C)nc4)C3)n2)nc(N)n1. The number of nitriles is 1. The summed E-state index contributed by atoms with van der Waals surface area (Å²) in [7, 11) is 0. The molecule has 1 atom stereocenters. The predicted octanol–water partition coefficient (Wildman–Crippen LogP) is 7.58. The summed E-state index contributed by atoms with van der Waals surface area (Å²) < 4.78 is 0. The number of nitrogens with two attached hydrogens (primary N) is 3. The monoisotopic (exact) mass is 1080 g/mol. The molecular formula is C59H63ClN16O3. The van der Waals surface area contributed by atoms with E-state index in [9.17, 15) is 19.6 Å². The standard InChI is InChI=1S/C59H63ClN16O3/c1-37-41(29-61)10-6-13-45(37)52-28-53(73-59(63)72-52)47(62)36-76(64)35-43-11-7-17-54(69-43)75-27-22-42(34-75)56(77)66-24-23-65-30-39-18-20-50(67-31-39)57(78)70-48-15-8-12-44(38(48)2)46-14-9-16-49(55(46)60)71-58(79)51-21-19-40(32-68-51)33-74-25-4-3-5-26-74/h6-21,28,31-32,36,42,65H,3-5,22-27,30,33-35,62,64H2,1-2H3,(H,66,77)(H,70,78)(H,71,79)(H2,63,72,73)/b47-36-. The lowest BCUT2D eigenvalue weighted by Gasteiger charge is -2.26. The lowest BCUT2D eigenvalue weighted by molar-refractivity contribution is -0.124. The van der Waals surface area contributed by atoms with E-state index in [1.807, 2.05) is 80.6 Å². The van der Waals surface area contributed by atoms with E-state index in [0.717, 1.165) is 58.8 Å². The number of hydrogen-bond donors (Lipinski definition) is 7. The third-order valence-corrected chi connectivity index (χ3v) is 14.5. The first-order chi connectivity index (χ1) is 38.3. The molecule has 2 aliphatic rings. The zero-order valence-electron chi connectivity index (χ0n) is 44.2. The smallest absolute Gasteiger partial charge is 0.274 e. The maximum Gasteiger partial charge on any atom is 0.274 e. The number of carbonyl (C=O) groups is 3. The number of amides is 3. The van der Waals surface area contributed by atoms with Crippen molar-refractivity contribution < 1.29 is 14.4 Å². The van der Waals surface area contributed by atoms with Crippen molar-refractivity contribution in [2.45, 2.75) is 59.2 Å². The van der Waals surface area contributed by atoms with Crippen LogP contribution >= 0.6 is 11.6 Å². The molecular weight excluding hydrogens is 1020 g/mol. The zero-order chi connectivity index (χ0) is 55.4. The molecule has 6 heterocycles. The molecule has 10 N–H and O–H groups in total. The molecule has 1 unspecified atom stereocenters. The summed E-state index contributed by atoms with van der Waals surface area (Å²) in [5.74, 6) is 6.22. The molecule has 2 fully saturated rings. The van der Waals surface area contributed by atoms with Crippen LogP contribution in [0.25, 0.3) is 28.1 Å². The number of likely N-dealkylation sites (tertiary alicyclic amines) is 1. The number of piperidine rings is 1. The minimum atomic E-state index is -0.368. The quantitative estimate of drug-likeness (QED) is 0.0234. The number of carbonyl (C=O) groups excluding carboxylic acids is 3. The average molecular weight is 1080 g/mol. The van der Waals surface area contributed by atoms with Crippen molar-refractivity contribution in [3.63, 3.8) is 0 Å². The Morgan fingerprint density at radius 2 is 1.46 bits per heavy atom. The first-order valence-electron chi connectivity index (χ1n) is 26.3. The summed E-state index contributed by atoms with van der Waals surface area (Å²) in [6.07, 6.45) is 9.35. The molecule has 3 amide bonds. The number of hydrazine groups is 1. The number of anilines is 4. The Labute approximate surface area is 464 Å². The topological polar surface area (TPSA) is 275 Å². The molecule has 0 spiro atoms. The summed E-state index contributed by atoms with van der Waals surface area (Å²) in [6, 6.07) is 33.2. The second-order valence-corrected chi connectivity index (χ2v) is 20.1. The van der Waals surface area contributed by atoms with Crippen LogP contribution in [-0.4, -0.2) is 91.8 Å². The van der Waals surface area contributed by atoms with Gasteiger partial charge in [0.15, 0.2) is 0 Å². The van der Waals surface area contributed by atoms with E-state index in [1.54, 1.807) is 55.0 Å². The summed E-state index contributed by atoms with van der Waals surface area (Å²) in [4.78, 5) is 66.9. The molecule has 0 aliphatic carbocycles. The van der Waals surface area contributed by atoms with Gasteiger partial charge in [-0.25, -0.2) is 20.8 Å². The maximum atomic E-state index is 13.4. The van der Waals surface area contributed by atoms with Crippen LogP contribution in [0.15, 0.2) is 122 Å². The van der Waals surface area contributed by atoms with Crippen molar-refractivity contribution in [2.75, 3.05) is 60.5 Å². The molecule has 2 aliphatic heterocycles. The fraction of sp³-hybridized carbons (Fsp3) is 0.271. The summed E-state index contributed by atoms with van der Waals surface area (Å²) >= 11 is 6.94. The van der Waals surface area contributed by atoms with Crippen molar-refractivity contribution in [3.05, 3.63) is 177 Å². The Morgan fingerprint density at radius 1 is 0.772 bits per heavy atom. The molecule has 19 nitrogen and oxygen atoms in total. The molecule has 3 aromatic carbocycles. The molecule has 4 aromatic heterocycles. The van der Waals surface area contributed by atoms with Crippen LogP contribution in [0.5, 0.6) is 0 Å². The normalized spacial score (nSPS) is 14.6. The number of pyridine rings is 3. The number of rotatable bonds is 19. The third kappa shape index (κ3) is 13.9. The van der Waals surface area contributed by atoms with E-state index in [1.165, 1.54) is 24.3 Å². The van der Waals surface area contributed by atoms with Gasteiger partial charge in [-0.15, -0.1) is 0 Å². The second-order valence-electron chi connectivity index (χ2n) is 19.7. The van der Waals surface area contributed by atoms with Gasteiger partial charge in [0.25, 0.3) is 11.8 Å². The Kier molecular flexibility index (Phi) is 17.8. The highest BCUT2D eigenvalue weighted by Crippen LogP contribution is 2.38. The first-order valence-corrected chi connectivity index (χ1v) is 26.6. The van der Waals surface area contributed by atoms with Crippen LogP contribution in [0.3, 0.4) is 0 Å². The first kappa shape index (κ1) is 55.0. The zero-order valence-corrected chi connectivity index (χ0v) is 44.9. The highest BCUT2D eigenvalue weighted by molar-refractivity contribution is 6.36. The van der Waals surface area contributed by atoms with Crippen molar-refractivity contribution in [3.8, 4) is 28.5 Å². The van der Waals surface area contributed by atoms with Crippen molar-refractivity contribution in [2.24, 2.45) is 17.5 Å². The fourth-order valence-electron chi connectivity index (χ4n) is 9.79. The Bertz CT molecular complexity index is 3420. The summed E-state index contributed by atoms with van der Waals surface area (Å²) in [5, 5.41) is 23.6. The highest BCUT2D eigenvalue weighted by atomic mass is 35.5. The lowest BCUT2D eigenvalue weighted by atomic mass is 9.98. The number of nitrogens with zero attached hydrogens (tertiary/aromatic N) is 9. The Hall–Kier alpha value is -8.80. The number of nitrogen functional groups attached to an aromatic ring is 1. The molecule has 79 heavy (non-hydrogen) atoms. The van der Waals surface area contributed by atoms with Crippen LogP contribution in [-0.2, 0) is 24.4 Å². The Morgan fingerprint density at radius 3 is 2.19 bits per heavy atom. The number of benzene rings is 3. The molecule has 9 rings (SSSR count). The fourth-order valence-corrected chi connectivity index (χ4v) is 10.1. The molecule has 20 heteroatoms. The van der Waals surface area contributed by atoms with Gasteiger partial charge in [-0.1, -0.05) is 72.6 Å². The molecule has 0 saturated carbocycles. The van der Waals surface area contributed by atoms with Gasteiger partial charge in [-0.2, -0.15) is 5.26 Å². The van der Waals surface area contributed by atoms with E-state index < -0.39 is 0 Å². The molecule has 0 radical (unpaired) electrons. The van der Waals surface area contributed by atoms with Gasteiger partial charge in [0.1, 0.15) is 17.2 Å². The van der Waals surface area contributed by atoms with Gasteiger partial charge < -0.3 is 42.6 Å². The van der Waals surface area contributed by atoms with Crippen LogP contribution in [0.4, 0.5) is 23.1 Å². The molecule has 404 valence electrons. The van der Waals surface area contributed by atoms with E-state index >= 15 is 0 Å². The minimum Gasteiger partial charge on any atom is -0.396 e. The number of aromatic nitrogens is 5.